The minimum absolute atomic E-state index is 0.0504. The average Bonchev–Trinajstić information content (AvgIpc) is 3.04. The number of carbonyl (C=O) groups is 2. The molecule has 1 aromatic carbocycles. The predicted octanol–water partition coefficient (Wildman–Crippen LogP) is 2.43. The molecule has 0 bridgehead atoms. The van der Waals surface area contributed by atoms with E-state index in [0.717, 1.165) is 11.1 Å². The van der Waals surface area contributed by atoms with E-state index in [2.05, 4.69) is 0 Å². The van der Waals surface area contributed by atoms with Gasteiger partial charge in [0.25, 0.3) is 0 Å². The largest absolute Gasteiger partial charge is 0.507 e. The van der Waals surface area contributed by atoms with Crippen molar-refractivity contribution < 1.29 is 34.0 Å². The van der Waals surface area contributed by atoms with Gasteiger partial charge in [-0.05, 0) is 38.2 Å². The van der Waals surface area contributed by atoms with Gasteiger partial charge in [0.2, 0.25) is 0 Å². The van der Waals surface area contributed by atoms with Crippen molar-refractivity contribution >= 4 is 11.9 Å². The molecule has 1 aliphatic heterocycles. The number of rotatable bonds is 8. The van der Waals surface area contributed by atoms with E-state index < -0.39 is 5.97 Å². The maximum Gasteiger partial charge on any atom is 0.342 e. The number of carbonyl (C=O) groups excluding carboxylic acids is 2. The number of benzene rings is 1. The molecule has 0 amide bonds. The number of aliphatic hydroxyl groups excluding tert-OH is 1. The van der Waals surface area contributed by atoms with Gasteiger partial charge >= 0.3 is 11.9 Å². The molecule has 1 unspecified atom stereocenters. The zero-order chi connectivity index (χ0) is 20.1. The third-order valence-corrected chi connectivity index (χ3v) is 5.04. The SMILES string of the molecule is COC(=O)CC(CCO)/C(C)=C/Cc1c(O)c2c(c(C)c1OC)COC2=O. The minimum Gasteiger partial charge on any atom is -0.507 e. The summed E-state index contributed by atoms with van der Waals surface area (Å²) in [6.07, 6.45) is 2.77. The number of phenols is 1. The lowest BCUT2D eigenvalue weighted by Gasteiger charge is -2.18. The van der Waals surface area contributed by atoms with Crippen molar-refractivity contribution in [3.63, 3.8) is 0 Å². The van der Waals surface area contributed by atoms with Crippen LogP contribution in [0, 0.1) is 12.8 Å². The summed E-state index contributed by atoms with van der Waals surface area (Å²) in [6.45, 7) is 3.76. The number of hydrogen-bond donors (Lipinski definition) is 2. The molecule has 7 nitrogen and oxygen atoms in total. The van der Waals surface area contributed by atoms with Crippen molar-refractivity contribution in [3.05, 3.63) is 33.9 Å². The molecule has 7 heteroatoms. The molecule has 0 radical (unpaired) electrons. The molecule has 27 heavy (non-hydrogen) atoms. The third-order valence-electron chi connectivity index (χ3n) is 5.04. The summed E-state index contributed by atoms with van der Waals surface area (Å²) in [5.74, 6) is -0.682. The number of cyclic esters (lactones) is 1. The van der Waals surface area contributed by atoms with Crippen LogP contribution in [0.2, 0.25) is 0 Å². The van der Waals surface area contributed by atoms with Crippen molar-refractivity contribution in [2.75, 3.05) is 20.8 Å². The zero-order valence-electron chi connectivity index (χ0n) is 16.1. The Morgan fingerprint density at radius 1 is 1.37 bits per heavy atom. The van der Waals surface area contributed by atoms with Crippen molar-refractivity contribution in [1.82, 2.24) is 0 Å². The van der Waals surface area contributed by atoms with Gasteiger partial charge in [0.1, 0.15) is 23.7 Å². The van der Waals surface area contributed by atoms with Gasteiger partial charge < -0.3 is 24.4 Å². The molecular formula is C20H26O7. The normalized spacial score (nSPS) is 14.6. The summed E-state index contributed by atoms with van der Waals surface area (Å²) in [5, 5.41) is 19.9. The van der Waals surface area contributed by atoms with Gasteiger partial charge in [-0.2, -0.15) is 0 Å². The number of aliphatic hydroxyl groups is 1. The highest BCUT2D eigenvalue weighted by molar-refractivity contribution is 5.98. The van der Waals surface area contributed by atoms with Crippen LogP contribution in [0.25, 0.3) is 0 Å². The Labute approximate surface area is 158 Å². The van der Waals surface area contributed by atoms with Crippen LogP contribution in [0.5, 0.6) is 11.5 Å². The molecular weight excluding hydrogens is 352 g/mol. The van der Waals surface area contributed by atoms with Crippen LogP contribution in [0.1, 0.15) is 46.8 Å². The highest BCUT2D eigenvalue weighted by Gasteiger charge is 2.32. The number of aromatic hydroxyl groups is 1. The van der Waals surface area contributed by atoms with Gasteiger partial charge in [-0.25, -0.2) is 4.79 Å². The third kappa shape index (κ3) is 4.24. The number of allylic oxidation sites excluding steroid dienone is 2. The molecule has 0 aromatic heterocycles. The lowest BCUT2D eigenvalue weighted by atomic mass is 9.90. The number of fused-ring (bicyclic) bond motifs is 1. The van der Waals surface area contributed by atoms with E-state index in [-0.39, 0.29) is 42.8 Å². The first-order valence-corrected chi connectivity index (χ1v) is 8.78. The van der Waals surface area contributed by atoms with E-state index >= 15 is 0 Å². The second kappa shape index (κ2) is 8.90. The first-order chi connectivity index (χ1) is 12.8. The quantitative estimate of drug-likeness (QED) is 0.529. The Bertz CT molecular complexity index is 764. The second-order valence-electron chi connectivity index (χ2n) is 6.56. The van der Waals surface area contributed by atoms with Crippen LogP contribution >= 0.6 is 0 Å². The van der Waals surface area contributed by atoms with Crippen LogP contribution in [0.3, 0.4) is 0 Å². The van der Waals surface area contributed by atoms with Gasteiger partial charge in [0.15, 0.2) is 0 Å². The average molecular weight is 378 g/mol. The van der Waals surface area contributed by atoms with E-state index in [9.17, 15) is 19.8 Å². The van der Waals surface area contributed by atoms with E-state index in [4.69, 9.17) is 14.2 Å². The van der Waals surface area contributed by atoms with Crippen molar-refractivity contribution in [1.29, 1.82) is 0 Å². The highest BCUT2D eigenvalue weighted by atomic mass is 16.5. The monoisotopic (exact) mass is 378 g/mol. The summed E-state index contributed by atoms with van der Waals surface area (Å²) < 4.78 is 15.2. The molecule has 0 spiro atoms. The van der Waals surface area contributed by atoms with Gasteiger partial charge in [0.05, 0.1) is 20.6 Å². The molecule has 0 saturated carbocycles. The van der Waals surface area contributed by atoms with Crippen molar-refractivity contribution in [2.24, 2.45) is 5.92 Å². The molecule has 0 saturated heterocycles. The number of hydrogen-bond acceptors (Lipinski definition) is 7. The Kier molecular flexibility index (Phi) is 6.85. The number of ether oxygens (including phenoxy) is 3. The van der Waals surface area contributed by atoms with E-state index in [1.807, 2.05) is 19.9 Å². The summed E-state index contributed by atoms with van der Waals surface area (Å²) in [4.78, 5) is 23.6. The first kappa shape index (κ1) is 20.8. The second-order valence-corrected chi connectivity index (χ2v) is 6.56. The van der Waals surface area contributed by atoms with Gasteiger partial charge in [-0.1, -0.05) is 11.6 Å². The Morgan fingerprint density at radius 2 is 2.07 bits per heavy atom. The predicted molar refractivity (Wildman–Crippen MR) is 97.8 cm³/mol. The van der Waals surface area contributed by atoms with Gasteiger partial charge in [-0.15, -0.1) is 0 Å². The Balaban J connectivity index is 2.37. The fourth-order valence-corrected chi connectivity index (χ4v) is 3.39. The van der Waals surface area contributed by atoms with E-state index in [0.29, 0.717) is 29.7 Å². The molecule has 2 rings (SSSR count). The molecule has 0 aliphatic carbocycles. The van der Waals surface area contributed by atoms with Crippen molar-refractivity contribution in [3.8, 4) is 11.5 Å². The van der Waals surface area contributed by atoms with Crippen LogP contribution in [-0.4, -0.2) is 43.0 Å². The van der Waals surface area contributed by atoms with E-state index in [1.54, 1.807) is 0 Å². The summed E-state index contributed by atoms with van der Waals surface area (Å²) in [7, 11) is 2.84. The molecule has 2 N–H and O–H groups in total. The lowest BCUT2D eigenvalue weighted by Crippen LogP contribution is -2.13. The summed E-state index contributed by atoms with van der Waals surface area (Å²) in [6, 6.07) is 0. The van der Waals surface area contributed by atoms with E-state index in [1.165, 1.54) is 14.2 Å². The van der Waals surface area contributed by atoms with Gasteiger partial charge in [0, 0.05) is 17.7 Å². The van der Waals surface area contributed by atoms with Crippen LogP contribution in [0.15, 0.2) is 11.6 Å². The summed E-state index contributed by atoms with van der Waals surface area (Å²) in [5.41, 5.74) is 2.97. The summed E-state index contributed by atoms with van der Waals surface area (Å²) >= 11 is 0. The van der Waals surface area contributed by atoms with Crippen molar-refractivity contribution in [2.45, 2.75) is 39.7 Å². The first-order valence-electron chi connectivity index (χ1n) is 8.78. The topological polar surface area (TPSA) is 102 Å². The van der Waals surface area contributed by atoms with Crippen LogP contribution in [0.4, 0.5) is 0 Å². The Hall–Kier alpha value is -2.54. The fraction of sp³-hybridized carbons (Fsp3) is 0.500. The Morgan fingerprint density at radius 3 is 2.67 bits per heavy atom. The van der Waals surface area contributed by atoms with Crippen LogP contribution < -0.4 is 4.74 Å². The molecule has 1 aromatic rings. The molecule has 1 heterocycles. The number of methoxy groups -OCH3 is 2. The molecule has 1 atom stereocenters. The molecule has 1 aliphatic rings. The minimum atomic E-state index is -0.543. The van der Waals surface area contributed by atoms with Crippen LogP contribution in [-0.2, 0) is 27.3 Å². The fourth-order valence-electron chi connectivity index (χ4n) is 3.39. The number of esters is 2. The maximum absolute atomic E-state index is 12.0. The molecule has 148 valence electrons. The van der Waals surface area contributed by atoms with Gasteiger partial charge in [-0.3, -0.25) is 4.79 Å². The maximum atomic E-state index is 12.0. The molecule has 0 fully saturated rings. The highest BCUT2D eigenvalue weighted by Crippen LogP contribution is 2.42. The lowest BCUT2D eigenvalue weighted by molar-refractivity contribution is -0.141. The standard InChI is InChI=1S/C20H26O7/c1-11(13(7-8-21)9-16(22)25-3)5-6-14-18(23)17-15(10-27-20(17)24)12(2)19(14)26-4/h5,13,21,23H,6-10H2,1-4H3/b11-5+. The zero-order valence-corrected chi connectivity index (χ0v) is 16.1. The number of phenolic OH excluding ortho intramolecular Hbond substituents is 1. The smallest absolute Gasteiger partial charge is 0.342 e.